The predicted molar refractivity (Wildman–Crippen MR) is 149 cm³/mol. The molecule has 3 atom stereocenters. The fourth-order valence-corrected chi connectivity index (χ4v) is 8.12. The maximum absolute atomic E-state index is 14.9. The summed E-state index contributed by atoms with van der Waals surface area (Å²) >= 11 is 0. The van der Waals surface area contributed by atoms with Crippen LogP contribution in [-0.2, 0) is 12.0 Å². The first-order valence-corrected chi connectivity index (χ1v) is 14.8. The summed E-state index contributed by atoms with van der Waals surface area (Å²) in [5.41, 5.74) is 2.39. The molecule has 0 radical (unpaired) electrons. The number of hydrogen-bond donors (Lipinski definition) is 0. The van der Waals surface area contributed by atoms with Crippen molar-refractivity contribution in [3.8, 4) is 0 Å². The minimum atomic E-state index is -0.149. The molecule has 0 aromatic heterocycles. The first kappa shape index (κ1) is 25.8. The second kappa shape index (κ2) is 11.0. The van der Waals surface area contributed by atoms with Gasteiger partial charge in [0, 0.05) is 44.7 Å². The molecule has 1 aliphatic carbocycles. The van der Waals surface area contributed by atoms with E-state index in [-0.39, 0.29) is 23.3 Å². The van der Waals surface area contributed by atoms with E-state index < -0.39 is 0 Å². The first-order chi connectivity index (χ1) is 18.5. The molecule has 0 spiro atoms. The van der Waals surface area contributed by atoms with E-state index in [0.717, 1.165) is 84.5 Å². The lowest BCUT2D eigenvalue weighted by molar-refractivity contribution is 0.0129. The third-order valence-electron chi connectivity index (χ3n) is 10.2. The lowest BCUT2D eigenvalue weighted by Gasteiger charge is -2.54. The fourth-order valence-electron chi connectivity index (χ4n) is 8.12. The molecular formula is C32H43FN4O. The number of halogens is 1. The number of carbonyl (C=O) groups excluding carboxylic acids is 1. The highest BCUT2D eigenvalue weighted by Crippen LogP contribution is 2.53. The van der Waals surface area contributed by atoms with Crippen LogP contribution in [0.4, 0.5) is 9.18 Å². The molecule has 5 nitrogen and oxygen atoms in total. The fraction of sp³-hybridized carbons (Fsp3) is 0.594. The second-order valence-corrected chi connectivity index (χ2v) is 12.2. The van der Waals surface area contributed by atoms with Gasteiger partial charge in [-0.1, -0.05) is 48.9 Å². The van der Waals surface area contributed by atoms with Crippen molar-refractivity contribution in [2.45, 2.75) is 56.5 Å². The molecule has 0 unspecified atom stereocenters. The molecule has 4 aliphatic rings. The van der Waals surface area contributed by atoms with Crippen molar-refractivity contribution in [1.29, 1.82) is 0 Å². The van der Waals surface area contributed by atoms with E-state index in [1.165, 1.54) is 17.5 Å². The standard InChI is InChI=1S/C32H43FN4O/c1-34-20-21-37(31(34)38)30-13-6-12-29(30)32(24-36-16-7-17-36,27-10-5-11-28(33)22-27)26-14-18-35(19-15-26)23-25-8-3-2-4-9-25/h2-5,8-11,22,26,29-30H,6-7,12-21,23-24H2,1H3/t29-,30-,32-/m0/s1. The van der Waals surface area contributed by atoms with Gasteiger partial charge in [0.1, 0.15) is 5.82 Å². The normalized spacial score (nSPS) is 27.1. The summed E-state index contributed by atoms with van der Waals surface area (Å²) in [5.74, 6) is 0.688. The summed E-state index contributed by atoms with van der Waals surface area (Å²) in [4.78, 5) is 22.5. The van der Waals surface area contributed by atoms with Gasteiger partial charge in [0.15, 0.2) is 0 Å². The van der Waals surface area contributed by atoms with Crippen molar-refractivity contribution >= 4 is 6.03 Å². The third kappa shape index (κ3) is 4.86. The van der Waals surface area contributed by atoms with Crippen LogP contribution in [0.2, 0.25) is 0 Å². The zero-order valence-corrected chi connectivity index (χ0v) is 22.9. The van der Waals surface area contributed by atoms with Crippen LogP contribution in [0.1, 0.15) is 49.7 Å². The molecule has 0 N–H and O–H groups in total. The van der Waals surface area contributed by atoms with Crippen molar-refractivity contribution in [3.63, 3.8) is 0 Å². The lowest BCUT2D eigenvalue weighted by Crippen LogP contribution is -2.59. The Morgan fingerprint density at radius 2 is 1.63 bits per heavy atom. The molecule has 204 valence electrons. The number of rotatable bonds is 8. The number of piperidine rings is 1. The molecule has 6 heteroatoms. The van der Waals surface area contributed by atoms with Gasteiger partial charge in [-0.05, 0) is 93.4 Å². The zero-order valence-electron chi connectivity index (χ0n) is 22.9. The third-order valence-corrected chi connectivity index (χ3v) is 10.2. The summed E-state index contributed by atoms with van der Waals surface area (Å²) in [5, 5.41) is 0. The number of likely N-dealkylation sites (tertiary alicyclic amines) is 2. The monoisotopic (exact) mass is 518 g/mol. The Labute approximate surface area is 227 Å². The molecular weight excluding hydrogens is 475 g/mol. The highest BCUT2D eigenvalue weighted by Gasteiger charge is 2.54. The molecule has 1 saturated carbocycles. The molecule has 3 aliphatic heterocycles. The van der Waals surface area contributed by atoms with Crippen molar-refractivity contribution < 1.29 is 9.18 Å². The molecule has 2 aromatic carbocycles. The number of nitrogens with zero attached hydrogens (tertiary/aromatic N) is 4. The van der Waals surface area contributed by atoms with Crippen LogP contribution in [0, 0.1) is 17.7 Å². The van der Waals surface area contributed by atoms with E-state index in [1.807, 2.05) is 24.1 Å². The molecule has 0 bridgehead atoms. The molecule has 3 saturated heterocycles. The Morgan fingerprint density at radius 1 is 0.842 bits per heavy atom. The summed E-state index contributed by atoms with van der Waals surface area (Å²) < 4.78 is 14.9. The smallest absolute Gasteiger partial charge is 0.320 e. The van der Waals surface area contributed by atoms with Crippen molar-refractivity contribution in [2.24, 2.45) is 11.8 Å². The minimum Gasteiger partial charge on any atom is -0.326 e. The highest BCUT2D eigenvalue weighted by molar-refractivity contribution is 5.76. The van der Waals surface area contributed by atoms with Gasteiger partial charge in [0.05, 0.1) is 0 Å². The topological polar surface area (TPSA) is 30.0 Å². The highest BCUT2D eigenvalue weighted by atomic mass is 19.1. The van der Waals surface area contributed by atoms with Gasteiger partial charge in [-0.15, -0.1) is 0 Å². The Hall–Kier alpha value is -2.44. The summed E-state index contributed by atoms with van der Waals surface area (Å²) in [6, 6.07) is 18.7. The molecule has 3 heterocycles. The molecule has 4 fully saturated rings. The lowest BCUT2D eigenvalue weighted by atomic mass is 9.57. The van der Waals surface area contributed by atoms with Crippen molar-refractivity contribution in [3.05, 3.63) is 71.5 Å². The van der Waals surface area contributed by atoms with Crippen LogP contribution < -0.4 is 0 Å². The first-order valence-electron chi connectivity index (χ1n) is 14.8. The Morgan fingerprint density at radius 3 is 2.29 bits per heavy atom. The van der Waals surface area contributed by atoms with Gasteiger partial charge in [-0.2, -0.15) is 0 Å². The Kier molecular flexibility index (Phi) is 7.45. The summed E-state index contributed by atoms with van der Waals surface area (Å²) in [6.45, 7) is 8.00. The van der Waals surface area contributed by atoms with Crippen molar-refractivity contribution in [1.82, 2.24) is 19.6 Å². The van der Waals surface area contributed by atoms with Crippen LogP contribution in [0.5, 0.6) is 0 Å². The van der Waals surface area contributed by atoms with E-state index in [1.54, 1.807) is 6.07 Å². The molecule has 2 aromatic rings. The van der Waals surface area contributed by atoms with Crippen molar-refractivity contribution in [2.75, 3.05) is 52.9 Å². The van der Waals surface area contributed by atoms with Crippen LogP contribution in [0.15, 0.2) is 54.6 Å². The van der Waals surface area contributed by atoms with Crippen LogP contribution in [0.25, 0.3) is 0 Å². The van der Waals surface area contributed by atoms with Gasteiger partial charge < -0.3 is 14.7 Å². The number of hydrogen-bond acceptors (Lipinski definition) is 3. The van der Waals surface area contributed by atoms with E-state index >= 15 is 0 Å². The van der Waals surface area contributed by atoms with E-state index in [9.17, 15) is 9.18 Å². The maximum atomic E-state index is 14.9. The molecule has 2 amide bonds. The van der Waals surface area contributed by atoms with Crippen LogP contribution in [0.3, 0.4) is 0 Å². The molecule has 38 heavy (non-hydrogen) atoms. The molecule has 6 rings (SSSR count). The van der Waals surface area contributed by atoms with E-state index in [0.29, 0.717) is 11.8 Å². The number of urea groups is 1. The number of carbonyl (C=O) groups is 1. The summed E-state index contributed by atoms with van der Waals surface area (Å²) in [7, 11) is 1.93. The van der Waals surface area contributed by atoms with Gasteiger partial charge >= 0.3 is 6.03 Å². The van der Waals surface area contributed by atoms with Gasteiger partial charge in [0.25, 0.3) is 0 Å². The van der Waals surface area contributed by atoms with Gasteiger partial charge in [0.2, 0.25) is 0 Å². The summed E-state index contributed by atoms with van der Waals surface area (Å²) in [6.07, 6.45) is 6.81. The van der Waals surface area contributed by atoms with E-state index in [2.05, 4.69) is 51.1 Å². The quantitative estimate of drug-likeness (QED) is 0.480. The largest absolute Gasteiger partial charge is 0.326 e. The minimum absolute atomic E-state index is 0.136. The number of amides is 2. The Bertz CT molecular complexity index is 1100. The zero-order chi connectivity index (χ0) is 26.1. The van der Waals surface area contributed by atoms with Crippen LogP contribution >= 0.6 is 0 Å². The number of benzene rings is 2. The van der Waals surface area contributed by atoms with E-state index in [4.69, 9.17) is 0 Å². The van der Waals surface area contributed by atoms with Crippen LogP contribution in [-0.4, -0.2) is 84.5 Å². The van der Waals surface area contributed by atoms with Gasteiger partial charge in [-0.3, -0.25) is 4.90 Å². The van der Waals surface area contributed by atoms with Gasteiger partial charge in [-0.25, -0.2) is 9.18 Å². The second-order valence-electron chi connectivity index (χ2n) is 12.2. The Balaban J connectivity index is 1.34. The maximum Gasteiger partial charge on any atom is 0.320 e. The average molecular weight is 519 g/mol. The number of likely N-dealkylation sites (N-methyl/N-ethyl adjacent to an activating group) is 1. The SMILES string of the molecule is CN1CCN([C@H]2CCC[C@@H]2[C@](CN2CCC2)(c2cccc(F)c2)C2CCN(Cc3ccccc3)CC2)C1=O. The average Bonchev–Trinajstić information content (AvgIpc) is 3.52. The predicted octanol–water partition coefficient (Wildman–Crippen LogP) is 5.22.